The Hall–Kier alpha value is -1.07. The van der Waals surface area contributed by atoms with Crippen LogP contribution in [0.25, 0.3) is 0 Å². The molecule has 1 N–H and O–H groups in total. The van der Waals surface area contributed by atoms with Gasteiger partial charge in [-0.05, 0) is 33.6 Å². The number of nitrogens with one attached hydrogen (secondary N) is 1. The second-order valence-electron chi connectivity index (χ2n) is 5.79. The molecule has 0 spiro atoms. The van der Waals surface area contributed by atoms with Crippen molar-refractivity contribution in [2.24, 2.45) is 0 Å². The summed E-state index contributed by atoms with van der Waals surface area (Å²) in [4.78, 5) is 4.56. The average molecular weight is 267 g/mol. The van der Waals surface area contributed by atoms with Gasteiger partial charge in [0.05, 0.1) is 17.9 Å². The van der Waals surface area contributed by atoms with Crippen LogP contribution in [-0.4, -0.2) is 42.0 Å². The first-order chi connectivity index (χ1) is 9.02. The molecule has 108 valence electrons. The molecule has 0 aliphatic carbocycles. The molecule has 1 unspecified atom stereocenters. The van der Waals surface area contributed by atoms with Crippen molar-refractivity contribution in [3.05, 3.63) is 11.9 Å². The maximum absolute atomic E-state index is 5.79. The Bertz CT molecular complexity index is 415. The van der Waals surface area contributed by atoms with Crippen molar-refractivity contribution in [2.75, 3.05) is 32.2 Å². The van der Waals surface area contributed by atoms with Gasteiger partial charge in [-0.2, -0.15) is 0 Å². The number of ether oxygens (including phenoxy) is 2. The molecule has 1 fully saturated rings. The van der Waals surface area contributed by atoms with Gasteiger partial charge >= 0.3 is 0 Å². The lowest BCUT2D eigenvalue weighted by molar-refractivity contribution is -0.0688. The van der Waals surface area contributed by atoms with Crippen LogP contribution in [0.3, 0.4) is 0 Å². The lowest BCUT2D eigenvalue weighted by Gasteiger charge is -2.36. The van der Waals surface area contributed by atoms with E-state index < -0.39 is 0 Å². The van der Waals surface area contributed by atoms with E-state index in [-0.39, 0.29) is 5.60 Å². The average Bonchev–Trinajstić information content (AvgIpc) is 2.70. The van der Waals surface area contributed by atoms with Crippen LogP contribution in [0.1, 0.15) is 38.4 Å². The van der Waals surface area contributed by atoms with Crippen LogP contribution in [0.5, 0.6) is 0 Å². The maximum atomic E-state index is 5.79. The maximum Gasteiger partial charge on any atom is 0.203 e. The number of anilines is 1. The fraction of sp³-hybridized carbons (Fsp3) is 0.786. The van der Waals surface area contributed by atoms with E-state index in [1.165, 1.54) is 0 Å². The van der Waals surface area contributed by atoms with E-state index in [0.29, 0.717) is 12.6 Å². The smallest absolute Gasteiger partial charge is 0.203 e. The van der Waals surface area contributed by atoms with E-state index in [9.17, 15) is 0 Å². The largest absolute Gasteiger partial charge is 0.383 e. The minimum absolute atomic E-state index is 0.0507. The van der Waals surface area contributed by atoms with Crippen molar-refractivity contribution in [3.63, 3.8) is 0 Å². The van der Waals surface area contributed by atoms with Crippen molar-refractivity contribution in [1.82, 2.24) is 9.55 Å². The zero-order chi connectivity index (χ0) is 13.9. The summed E-state index contributed by atoms with van der Waals surface area (Å²) in [5, 5.41) is 3.35. The molecule has 2 heterocycles. The molecule has 5 heteroatoms. The van der Waals surface area contributed by atoms with Gasteiger partial charge in [0.2, 0.25) is 5.95 Å². The summed E-state index contributed by atoms with van der Waals surface area (Å²) in [6.45, 7) is 8.61. The first kappa shape index (κ1) is 14.3. The molecule has 1 atom stereocenters. The third-order valence-corrected chi connectivity index (χ3v) is 3.51. The zero-order valence-electron chi connectivity index (χ0n) is 12.4. The molecule has 19 heavy (non-hydrogen) atoms. The predicted octanol–water partition coefficient (Wildman–Crippen LogP) is 2.38. The Balaban J connectivity index is 2.10. The Labute approximate surface area is 115 Å². The third kappa shape index (κ3) is 3.70. The van der Waals surface area contributed by atoms with Crippen molar-refractivity contribution < 1.29 is 9.47 Å². The van der Waals surface area contributed by atoms with E-state index in [4.69, 9.17) is 9.47 Å². The van der Waals surface area contributed by atoms with E-state index in [2.05, 4.69) is 34.9 Å². The fourth-order valence-electron chi connectivity index (χ4n) is 2.63. The molecule has 1 aromatic heterocycles. The Kier molecular flexibility index (Phi) is 4.47. The second-order valence-corrected chi connectivity index (χ2v) is 5.79. The topological polar surface area (TPSA) is 48.3 Å². The van der Waals surface area contributed by atoms with Gasteiger partial charge in [0.1, 0.15) is 0 Å². The lowest BCUT2D eigenvalue weighted by Crippen LogP contribution is -2.35. The van der Waals surface area contributed by atoms with Gasteiger partial charge in [-0.25, -0.2) is 4.98 Å². The molecule has 0 aromatic carbocycles. The monoisotopic (exact) mass is 267 g/mol. The van der Waals surface area contributed by atoms with Gasteiger partial charge in [-0.3, -0.25) is 0 Å². The quantitative estimate of drug-likeness (QED) is 0.832. The molecule has 1 aliphatic rings. The minimum Gasteiger partial charge on any atom is -0.383 e. The Morgan fingerprint density at radius 1 is 1.58 bits per heavy atom. The molecule has 0 bridgehead atoms. The first-order valence-corrected chi connectivity index (χ1v) is 6.94. The van der Waals surface area contributed by atoms with Crippen molar-refractivity contribution in [1.29, 1.82) is 0 Å². The highest BCUT2D eigenvalue weighted by Gasteiger charge is 2.30. The number of rotatable bonds is 5. The van der Waals surface area contributed by atoms with Crippen LogP contribution >= 0.6 is 0 Å². The van der Waals surface area contributed by atoms with Crippen LogP contribution < -0.4 is 5.32 Å². The van der Waals surface area contributed by atoms with E-state index in [1.54, 1.807) is 7.11 Å². The highest BCUT2D eigenvalue weighted by Crippen LogP contribution is 2.33. The van der Waals surface area contributed by atoms with Gasteiger partial charge in [0, 0.05) is 32.5 Å². The van der Waals surface area contributed by atoms with Crippen LogP contribution in [0, 0.1) is 6.92 Å². The van der Waals surface area contributed by atoms with Gasteiger partial charge in [0.15, 0.2) is 0 Å². The molecule has 0 saturated carbocycles. The molecule has 0 amide bonds. The number of nitrogens with zero attached hydrogens (tertiary/aromatic N) is 2. The van der Waals surface area contributed by atoms with Gasteiger partial charge < -0.3 is 19.4 Å². The minimum atomic E-state index is -0.0507. The summed E-state index contributed by atoms with van der Waals surface area (Å²) in [6.07, 6.45) is 4.18. The van der Waals surface area contributed by atoms with E-state index in [0.717, 1.165) is 37.6 Å². The highest BCUT2D eigenvalue weighted by molar-refractivity contribution is 5.29. The first-order valence-electron chi connectivity index (χ1n) is 6.94. The van der Waals surface area contributed by atoms with Crippen LogP contribution in [-0.2, 0) is 9.47 Å². The summed E-state index contributed by atoms with van der Waals surface area (Å²) in [5.41, 5.74) is 0.995. The number of methoxy groups -OCH3 is 1. The van der Waals surface area contributed by atoms with Crippen LogP contribution in [0.2, 0.25) is 0 Å². The molecule has 5 nitrogen and oxygen atoms in total. The van der Waals surface area contributed by atoms with Crippen LogP contribution in [0.4, 0.5) is 5.95 Å². The number of imidazole rings is 1. The number of hydrogen-bond donors (Lipinski definition) is 1. The normalized spacial score (nSPS) is 22.4. The summed E-state index contributed by atoms with van der Waals surface area (Å²) in [7, 11) is 1.71. The molecular weight excluding hydrogens is 242 g/mol. The van der Waals surface area contributed by atoms with Crippen molar-refractivity contribution in [3.8, 4) is 0 Å². The third-order valence-electron chi connectivity index (χ3n) is 3.51. The Morgan fingerprint density at radius 2 is 2.37 bits per heavy atom. The van der Waals surface area contributed by atoms with E-state index >= 15 is 0 Å². The zero-order valence-corrected chi connectivity index (χ0v) is 12.4. The van der Waals surface area contributed by atoms with Crippen LogP contribution in [0.15, 0.2) is 6.20 Å². The second kappa shape index (κ2) is 5.92. The molecule has 1 aromatic rings. The molecule has 0 radical (unpaired) electrons. The molecular formula is C14H25N3O2. The number of hydrogen-bond acceptors (Lipinski definition) is 4. The Morgan fingerprint density at radius 3 is 3.05 bits per heavy atom. The van der Waals surface area contributed by atoms with E-state index in [1.807, 2.05) is 6.92 Å². The number of aryl methyl sites for hydroxylation is 1. The predicted molar refractivity (Wildman–Crippen MR) is 75.6 cm³/mol. The fourth-order valence-corrected chi connectivity index (χ4v) is 2.63. The van der Waals surface area contributed by atoms with Gasteiger partial charge in [-0.1, -0.05) is 0 Å². The summed E-state index contributed by atoms with van der Waals surface area (Å²) in [6, 6.07) is 0.454. The SMILES string of the molecule is COCCNc1nc(C)cn1C1CCOC(C)(C)C1. The van der Waals surface area contributed by atoms with Gasteiger partial charge in [0.25, 0.3) is 0 Å². The lowest BCUT2D eigenvalue weighted by atomic mass is 9.94. The molecule has 2 rings (SSSR count). The summed E-state index contributed by atoms with van der Waals surface area (Å²) < 4.78 is 13.1. The number of aromatic nitrogens is 2. The van der Waals surface area contributed by atoms with Crippen molar-refractivity contribution >= 4 is 5.95 Å². The summed E-state index contributed by atoms with van der Waals surface area (Å²) in [5.74, 6) is 0.942. The highest BCUT2D eigenvalue weighted by atomic mass is 16.5. The molecule has 1 saturated heterocycles. The molecule has 1 aliphatic heterocycles. The summed E-state index contributed by atoms with van der Waals surface area (Å²) >= 11 is 0. The van der Waals surface area contributed by atoms with Gasteiger partial charge in [-0.15, -0.1) is 0 Å². The van der Waals surface area contributed by atoms with Crippen molar-refractivity contribution in [2.45, 2.75) is 45.3 Å². The standard InChI is InChI=1S/C14H25N3O2/c1-11-10-17(13(16-11)15-6-8-18-4)12-5-7-19-14(2,3)9-12/h10,12H,5-9H2,1-4H3,(H,15,16).